The van der Waals surface area contributed by atoms with Crippen LogP contribution in [-0.4, -0.2) is 54.0 Å². The van der Waals surface area contributed by atoms with Gasteiger partial charge < -0.3 is 20.6 Å². The van der Waals surface area contributed by atoms with E-state index in [0.717, 1.165) is 42.7 Å². The number of carboxylic acid groups (broad SMARTS) is 1. The fourth-order valence-electron chi connectivity index (χ4n) is 6.92. The third-order valence-corrected chi connectivity index (χ3v) is 9.16. The van der Waals surface area contributed by atoms with Crippen molar-refractivity contribution in [1.82, 2.24) is 4.90 Å². The maximum Gasteiger partial charge on any atom is 0.310 e. The first kappa shape index (κ1) is 25.6. The molecule has 0 bridgehead atoms. The summed E-state index contributed by atoms with van der Waals surface area (Å²) in [6, 6.07) is 13.5. The number of amides is 2. The highest BCUT2D eigenvalue weighted by Gasteiger charge is 2.49. The van der Waals surface area contributed by atoms with Gasteiger partial charge in [0.2, 0.25) is 5.91 Å². The maximum atomic E-state index is 13.2. The Kier molecular flexibility index (Phi) is 6.92. The van der Waals surface area contributed by atoms with Crippen LogP contribution in [0.25, 0.3) is 0 Å². The second-order valence-electron chi connectivity index (χ2n) is 11.1. The molecule has 1 aliphatic carbocycles. The number of rotatable bonds is 7. The molecule has 3 atom stereocenters. The van der Waals surface area contributed by atoms with E-state index in [9.17, 15) is 19.5 Å². The molecule has 3 unspecified atom stereocenters. The molecule has 3 aliphatic rings. The van der Waals surface area contributed by atoms with Crippen LogP contribution < -0.4 is 10.6 Å². The van der Waals surface area contributed by atoms with Crippen molar-refractivity contribution in [2.24, 2.45) is 23.0 Å². The van der Waals surface area contributed by atoms with E-state index in [1.54, 1.807) is 6.07 Å². The molecule has 2 aliphatic heterocycles. The zero-order valence-electron chi connectivity index (χ0n) is 21.2. The molecule has 8 heteroatoms. The van der Waals surface area contributed by atoms with E-state index in [1.165, 1.54) is 0 Å². The van der Waals surface area contributed by atoms with E-state index in [1.807, 2.05) is 48.2 Å². The van der Waals surface area contributed by atoms with Crippen LogP contribution in [0.4, 0.5) is 5.69 Å². The van der Waals surface area contributed by atoms with Gasteiger partial charge in [-0.15, -0.1) is 0 Å². The van der Waals surface area contributed by atoms with Crippen molar-refractivity contribution in [3.8, 4) is 0 Å². The number of likely N-dealkylation sites (tertiary alicyclic amines) is 1. The number of aliphatic carboxylic acids is 1. The highest BCUT2D eigenvalue weighted by molar-refractivity contribution is 6.34. The number of anilines is 1. The van der Waals surface area contributed by atoms with Crippen LogP contribution in [-0.2, 0) is 9.59 Å². The number of carbonyl (C=O) groups excluding carboxylic acids is 2. The number of benzene rings is 2. The van der Waals surface area contributed by atoms with Crippen molar-refractivity contribution >= 4 is 35.1 Å². The normalized spacial score (nSPS) is 23.2. The summed E-state index contributed by atoms with van der Waals surface area (Å²) in [5.74, 6) is -1.04. The summed E-state index contributed by atoms with van der Waals surface area (Å²) in [6.45, 7) is 4.94. The zero-order chi connectivity index (χ0) is 26.3. The molecule has 37 heavy (non-hydrogen) atoms. The number of primary amides is 1. The summed E-state index contributed by atoms with van der Waals surface area (Å²) in [7, 11) is 0. The molecule has 3 fully saturated rings. The van der Waals surface area contributed by atoms with Crippen LogP contribution in [0.2, 0.25) is 5.02 Å². The molecule has 196 valence electrons. The second kappa shape index (κ2) is 10.0. The molecular weight excluding hydrogens is 490 g/mol. The number of fused-ring (bicyclic) bond motifs is 1. The van der Waals surface area contributed by atoms with Crippen molar-refractivity contribution in [3.63, 3.8) is 0 Å². The van der Waals surface area contributed by atoms with E-state index in [2.05, 4.69) is 4.90 Å². The number of halogens is 1. The fraction of sp³-hybridized carbons (Fsp3) is 0.483. The Bertz CT molecular complexity index is 1190. The van der Waals surface area contributed by atoms with E-state index < -0.39 is 23.2 Å². The van der Waals surface area contributed by atoms with Crippen LogP contribution in [0.3, 0.4) is 0 Å². The van der Waals surface area contributed by atoms with Gasteiger partial charge in [0, 0.05) is 56.0 Å². The molecule has 2 aromatic rings. The van der Waals surface area contributed by atoms with Gasteiger partial charge in [-0.05, 0) is 49.1 Å². The first-order valence-corrected chi connectivity index (χ1v) is 13.5. The molecule has 2 saturated heterocycles. The van der Waals surface area contributed by atoms with Crippen molar-refractivity contribution in [3.05, 3.63) is 64.2 Å². The van der Waals surface area contributed by atoms with Crippen molar-refractivity contribution in [2.45, 2.75) is 44.9 Å². The molecular formula is C29H34ClN3O4. The minimum Gasteiger partial charge on any atom is -0.481 e. The summed E-state index contributed by atoms with van der Waals surface area (Å²) >= 11 is 6.35. The third-order valence-electron chi connectivity index (χ3n) is 8.84. The Morgan fingerprint density at radius 1 is 1.05 bits per heavy atom. The topological polar surface area (TPSA) is 104 Å². The summed E-state index contributed by atoms with van der Waals surface area (Å²) < 4.78 is 0. The number of hydrogen-bond acceptors (Lipinski definition) is 4. The molecule has 2 heterocycles. The predicted octanol–water partition coefficient (Wildman–Crippen LogP) is 4.46. The van der Waals surface area contributed by atoms with Gasteiger partial charge in [-0.25, -0.2) is 0 Å². The quantitative estimate of drug-likeness (QED) is 0.557. The van der Waals surface area contributed by atoms with E-state index in [-0.39, 0.29) is 12.3 Å². The number of nitrogens with two attached hydrogens (primary N) is 1. The number of hydrogen-bond donors (Lipinski definition) is 2. The highest BCUT2D eigenvalue weighted by atomic mass is 35.5. The van der Waals surface area contributed by atoms with Crippen LogP contribution in [0.5, 0.6) is 0 Å². The first-order valence-electron chi connectivity index (χ1n) is 13.1. The Morgan fingerprint density at radius 2 is 1.70 bits per heavy atom. The third kappa shape index (κ3) is 4.70. The number of aryl methyl sites for hydroxylation is 1. The highest BCUT2D eigenvalue weighted by Crippen LogP contribution is 2.51. The smallest absolute Gasteiger partial charge is 0.310 e. The van der Waals surface area contributed by atoms with Crippen molar-refractivity contribution < 1.29 is 19.5 Å². The Morgan fingerprint density at radius 3 is 2.30 bits per heavy atom. The average molecular weight is 524 g/mol. The molecule has 3 N–H and O–H groups in total. The lowest BCUT2D eigenvalue weighted by molar-refractivity contribution is -0.150. The lowest BCUT2D eigenvalue weighted by atomic mass is 9.69. The van der Waals surface area contributed by atoms with E-state index in [0.29, 0.717) is 48.4 Å². The van der Waals surface area contributed by atoms with Gasteiger partial charge >= 0.3 is 5.97 Å². The summed E-state index contributed by atoms with van der Waals surface area (Å²) in [6.07, 6.45) is 2.85. The van der Waals surface area contributed by atoms with Crippen LogP contribution in [0.15, 0.2) is 42.5 Å². The molecule has 2 aromatic carbocycles. The van der Waals surface area contributed by atoms with Crippen LogP contribution in [0, 0.1) is 24.2 Å². The summed E-state index contributed by atoms with van der Waals surface area (Å²) in [4.78, 5) is 41.9. The maximum absolute atomic E-state index is 13.2. The molecule has 0 spiro atoms. The molecule has 0 radical (unpaired) electrons. The Labute approximate surface area is 222 Å². The molecule has 5 rings (SSSR count). The largest absolute Gasteiger partial charge is 0.481 e. The van der Waals surface area contributed by atoms with Gasteiger partial charge in [-0.1, -0.05) is 48.7 Å². The lowest BCUT2D eigenvalue weighted by Gasteiger charge is -2.34. The van der Waals surface area contributed by atoms with Gasteiger partial charge in [0.05, 0.1) is 16.0 Å². The molecule has 2 amide bonds. The lowest BCUT2D eigenvalue weighted by Crippen LogP contribution is -2.37. The van der Waals surface area contributed by atoms with Crippen molar-refractivity contribution in [2.75, 3.05) is 31.1 Å². The first-order chi connectivity index (χ1) is 17.7. The monoisotopic (exact) mass is 523 g/mol. The van der Waals surface area contributed by atoms with Crippen LogP contribution in [0.1, 0.15) is 59.5 Å². The van der Waals surface area contributed by atoms with Gasteiger partial charge in [-0.2, -0.15) is 0 Å². The standard InChI is InChI=1S/C29H34ClN3O4/c1-18-6-4-9-24(30)26(18)27(35)33-16-20-14-32(15-21(20)17-33)22-8-5-7-19(12-22)23(13-25(31)34)29(28(36)37)10-2-3-11-29/h4-9,12,20-21,23H,2-3,10-11,13-17H2,1H3,(H2,31,34)(H,36,37). The van der Waals surface area contributed by atoms with Crippen molar-refractivity contribution in [1.29, 1.82) is 0 Å². The molecule has 7 nitrogen and oxygen atoms in total. The number of carbonyl (C=O) groups is 3. The van der Waals surface area contributed by atoms with Gasteiger partial charge in [0.25, 0.3) is 5.91 Å². The Balaban J connectivity index is 1.33. The van der Waals surface area contributed by atoms with Crippen LogP contribution >= 0.6 is 11.6 Å². The minimum atomic E-state index is -0.952. The minimum absolute atomic E-state index is 0.00382. The zero-order valence-corrected chi connectivity index (χ0v) is 21.9. The Hall–Kier alpha value is -3.06. The fourth-order valence-corrected chi connectivity index (χ4v) is 7.22. The van der Waals surface area contributed by atoms with E-state index >= 15 is 0 Å². The predicted molar refractivity (Wildman–Crippen MR) is 143 cm³/mol. The van der Waals surface area contributed by atoms with Gasteiger partial charge in [0.1, 0.15) is 0 Å². The SMILES string of the molecule is Cc1cccc(Cl)c1C(=O)N1CC2CN(c3cccc(C(CC(N)=O)C4(C(=O)O)CCCC4)c3)CC2C1. The van der Waals surface area contributed by atoms with Gasteiger partial charge in [0.15, 0.2) is 0 Å². The molecule has 1 saturated carbocycles. The number of carboxylic acids is 1. The summed E-state index contributed by atoms with van der Waals surface area (Å²) in [5.41, 5.74) is 8.02. The number of nitrogens with zero attached hydrogens (tertiary/aromatic N) is 2. The molecule has 0 aromatic heterocycles. The van der Waals surface area contributed by atoms with E-state index in [4.69, 9.17) is 17.3 Å². The van der Waals surface area contributed by atoms with Gasteiger partial charge in [-0.3, -0.25) is 14.4 Å². The average Bonchev–Trinajstić information content (AvgIpc) is 3.58. The summed E-state index contributed by atoms with van der Waals surface area (Å²) in [5, 5.41) is 10.7. The second-order valence-corrected chi connectivity index (χ2v) is 11.5.